The number of rotatable bonds is 2. The van der Waals surface area contributed by atoms with E-state index in [1.54, 1.807) is 6.07 Å². The zero-order valence-electron chi connectivity index (χ0n) is 16.0. The van der Waals surface area contributed by atoms with Gasteiger partial charge >= 0.3 is 18.1 Å². The summed E-state index contributed by atoms with van der Waals surface area (Å²) < 4.78 is 48.8. The number of carbonyl (C=O) groups is 2. The first-order valence-corrected chi connectivity index (χ1v) is 9.08. The molecule has 2 aliphatic heterocycles. The van der Waals surface area contributed by atoms with Crippen LogP contribution in [0.1, 0.15) is 35.7 Å². The van der Waals surface area contributed by atoms with Gasteiger partial charge in [-0.3, -0.25) is 0 Å². The molecule has 0 aliphatic carbocycles. The molecule has 1 fully saturated rings. The molecule has 0 spiro atoms. The van der Waals surface area contributed by atoms with E-state index in [2.05, 4.69) is 5.32 Å². The molecule has 7 nitrogen and oxygen atoms in total. The quantitative estimate of drug-likeness (QED) is 0.680. The smallest absolute Gasteiger partial charge is 0.475 e. The maximum absolute atomic E-state index is 11.9. The summed E-state index contributed by atoms with van der Waals surface area (Å²) in [7, 11) is 1.35. The maximum Gasteiger partial charge on any atom is 0.490 e. The summed E-state index contributed by atoms with van der Waals surface area (Å²) in [6, 6.07) is 1.58. The van der Waals surface area contributed by atoms with Crippen LogP contribution in [-0.4, -0.2) is 49.2 Å². The highest BCUT2D eigenvalue weighted by Gasteiger charge is 2.46. The first-order valence-electron chi connectivity index (χ1n) is 8.71. The Morgan fingerprint density at radius 2 is 1.79 bits per heavy atom. The van der Waals surface area contributed by atoms with Crippen molar-refractivity contribution in [2.45, 2.75) is 38.7 Å². The summed E-state index contributed by atoms with van der Waals surface area (Å²) in [5, 5.41) is 10.8. The van der Waals surface area contributed by atoms with Gasteiger partial charge in [0.25, 0.3) is 5.79 Å². The van der Waals surface area contributed by atoms with E-state index in [0.29, 0.717) is 27.6 Å². The van der Waals surface area contributed by atoms with E-state index in [-0.39, 0.29) is 5.92 Å². The van der Waals surface area contributed by atoms with Crippen LogP contribution in [0.4, 0.5) is 13.2 Å². The van der Waals surface area contributed by atoms with Crippen molar-refractivity contribution in [2.24, 2.45) is 5.92 Å². The zero-order chi connectivity index (χ0) is 22.0. The number of fused-ring (bicyclic) bond motifs is 1. The molecule has 29 heavy (non-hydrogen) atoms. The first kappa shape index (κ1) is 23.1. The van der Waals surface area contributed by atoms with Crippen LogP contribution in [0.5, 0.6) is 11.5 Å². The topological polar surface area (TPSA) is 94.1 Å². The summed E-state index contributed by atoms with van der Waals surface area (Å²) in [5.41, 5.74) is 1.10. The van der Waals surface area contributed by atoms with Crippen LogP contribution in [0.2, 0.25) is 5.02 Å². The lowest BCUT2D eigenvalue weighted by atomic mass is 9.90. The van der Waals surface area contributed by atoms with E-state index >= 15 is 0 Å². The van der Waals surface area contributed by atoms with Gasteiger partial charge in [-0.25, -0.2) is 9.59 Å². The van der Waals surface area contributed by atoms with E-state index in [1.807, 2.05) is 13.8 Å². The van der Waals surface area contributed by atoms with Crippen molar-refractivity contribution < 1.29 is 42.1 Å². The molecule has 2 heterocycles. The van der Waals surface area contributed by atoms with Gasteiger partial charge in [0.2, 0.25) is 0 Å². The summed E-state index contributed by atoms with van der Waals surface area (Å²) in [6.07, 6.45) is -3.13. The Labute approximate surface area is 170 Å². The maximum atomic E-state index is 11.9. The Balaban J connectivity index is 0.000000370. The number of alkyl halides is 3. The van der Waals surface area contributed by atoms with Gasteiger partial charge in [-0.1, -0.05) is 11.6 Å². The number of esters is 1. The van der Waals surface area contributed by atoms with Crippen molar-refractivity contribution in [2.75, 3.05) is 20.2 Å². The molecular formula is C18H21ClF3NO6. The molecule has 1 unspecified atom stereocenters. The Morgan fingerprint density at radius 1 is 1.28 bits per heavy atom. The molecule has 2 aliphatic rings. The van der Waals surface area contributed by atoms with Crippen molar-refractivity contribution in [1.29, 1.82) is 0 Å². The minimum Gasteiger partial charge on any atom is -0.475 e. The first-order chi connectivity index (χ1) is 13.4. The second-order valence-electron chi connectivity index (χ2n) is 6.73. The predicted molar refractivity (Wildman–Crippen MR) is 96.5 cm³/mol. The lowest BCUT2D eigenvalue weighted by Crippen LogP contribution is -2.47. The Hall–Kier alpha value is -2.20. The lowest BCUT2D eigenvalue weighted by molar-refractivity contribution is -0.192. The number of carboxylic acids is 1. The third-order valence-corrected chi connectivity index (χ3v) is 5.06. The number of methoxy groups -OCH3 is 1. The number of hydrogen-bond donors (Lipinski definition) is 2. The van der Waals surface area contributed by atoms with Crippen LogP contribution in [0.15, 0.2) is 6.07 Å². The van der Waals surface area contributed by atoms with Gasteiger partial charge in [0.15, 0.2) is 11.5 Å². The van der Waals surface area contributed by atoms with Crippen LogP contribution < -0.4 is 14.8 Å². The highest BCUT2D eigenvalue weighted by Crippen LogP contribution is 2.50. The minimum absolute atomic E-state index is 0.276. The van der Waals surface area contributed by atoms with Gasteiger partial charge < -0.3 is 24.6 Å². The molecule has 1 aromatic carbocycles. The molecule has 0 radical (unpaired) electrons. The van der Waals surface area contributed by atoms with Crippen LogP contribution in [0, 0.1) is 12.8 Å². The van der Waals surface area contributed by atoms with E-state index in [9.17, 15) is 18.0 Å². The monoisotopic (exact) mass is 439 g/mol. The number of piperidine rings is 1. The van der Waals surface area contributed by atoms with Gasteiger partial charge in [0.1, 0.15) is 0 Å². The van der Waals surface area contributed by atoms with E-state index < -0.39 is 23.9 Å². The molecule has 1 aromatic rings. The molecule has 2 N–H and O–H groups in total. The van der Waals surface area contributed by atoms with Crippen LogP contribution in [0.3, 0.4) is 0 Å². The Morgan fingerprint density at radius 3 is 2.28 bits per heavy atom. The van der Waals surface area contributed by atoms with Gasteiger partial charge in [-0.2, -0.15) is 13.2 Å². The molecule has 3 rings (SSSR count). The van der Waals surface area contributed by atoms with Crippen molar-refractivity contribution in [3.05, 3.63) is 22.2 Å². The number of nitrogens with one attached hydrogen (secondary N) is 1. The highest BCUT2D eigenvalue weighted by atomic mass is 35.5. The van der Waals surface area contributed by atoms with E-state index in [4.69, 9.17) is 35.7 Å². The van der Waals surface area contributed by atoms with Crippen molar-refractivity contribution >= 4 is 23.5 Å². The SMILES string of the molecule is COC(=O)c1cc(Cl)c2c(c1C)OC(C)(C1CCNCC1)O2.O=C(O)C(F)(F)F. The summed E-state index contributed by atoms with van der Waals surface area (Å²) in [6.45, 7) is 5.66. The van der Waals surface area contributed by atoms with Crippen LogP contribution in [0.25, 0.3) is 0 Å². The molecule has 0 amide bonds. The molecule has 0 aromatic heterocycles. The molecule has 0 saturated carbocycles. The number of ether oxygens (including phenoxy) is 3. The van der Waals surface area contributed by atoms with Crippen molar-refractivity contribution in [3.63, 3.8) is 0 Å². The molecular weight excluding hydrogens is 419 g/mol. The fourth-order valence-corrected chi connectivity index (χ4v) is 3.41. The average molecular weight is 440 g/mol. The second kappa shape index (κ2) is 8.66. The largest absolute Gasteiger partial charge is 0.490 e. The van der Waals surface area contributed by atoms with Gasteiger partial charge in [-0.05, 0) is 38.9 Å². The lowest BCUT2D eigenvalue weighted by Gasteiger charge is -2.35. The summed E-state index contributed by atoms with van der Waals surface area (Å²) in [5.74, 6) is -2.58. The average Bonchev–Trinajstić information content (AvgIpc) is 3.04. The minimum atomic E-state index is -5.08. The number of hydrogen-bond acceptors (Lipinski definition) is 6. The number of carbonyl (C=O) groups excluding carboxylic acids is 1. The summed E-state index contributed by atoms with van der Waals surface area (Å²) >= 11 is 6.29. The van der Waals surface area contributed by atoms with Gasteiger partial charge in [0.05, 0.1) is 17.7 Å². The molecule has 162 valence electrons. The molecule has 11 heteroatoms. The fraction of sp³-hybridized carbons (Fsp3) is 0.556. The number of carboxylic acid groups (broad SMARTS) is 1. The zero-order valence-corrected chi connectivity index (χ0v) is 16.7. The second-order valence-corrected chi connectivity index (χ2v) is 7.14. The number of aliphatic carboxylic acids is 1. The van der Waals surface area contributed by atoms with Gasteiger partial charge in [0, 0.05) is 18.4 Å². The van der Waals surface area contributed by atoms with Crippen molar-refractivity contribution in [1.82, 2.24) is 5.32 Å². The number of halogens is 4. The predicted octanol–water partition coefficient (Wildman–Crippen LogP) is 3.56. The van der Waals surface area contributed by atoms with E-state index in [1.165, 1.54) is 7.11 Å². The van der Waals surface area contributed by atoms with E-state index in [0.717, 1.165) is 25.9 Å². The molecule has 0 bridgehead atoms. The van der Waals surface area contributed by atoms with Gasteiger partial charge in [-0.15, -0.1) is 0 Å². The van der Waals surface area contributed by atoms with Crippen LogP contribution >= 0.6 is 11.6 Å². The van der Waals surface area contributed by atoms with Crippen molar-refractivity contribution in [3.8, 4) is 11.5 Å². The number of benzene rings is 1. The summed E-state index contributed by atoms with van der Waals surface area (Å²) in [4.78, 5) is 20.8. The Kier molecular flexibility index (Phi) is 6.89. The van der Waals surface area contributed by atoms with Crippen LogP contribution in [-0.2, 0) is 9.53 Å². The molecule has 1 saturated heterocycles. The normalized spacial score (nSPS) is 21.2. The standard InChI is InChI=1S/C16H20ClNO4.C2HF3O2/c1-9-11(15(19)20-3)8-12(17)14-13(9)21-16(2,22-14)10-4-6-18-7-5-10;3-2(4,5)1(6)7/h8,10,18H,4-7H2,1-3H3;(H,6,7). The fourth-order valence-electron chi connectivity index (χ4n) is 3.18. The third-order valence-electron chi connectivity index (χ3n) is 4.78. The third kappa shape index (κ3) is 5.05. The highest BCUT2D eigenvalue weighted by molar-refractivity contribution is 6.32. The molecule has 1 atom stereocenters. The Bertz CT molecular complexity index is 795.